The van der Waals surface area contributed by atoms with Crippen molar-refractivity contribution >= 4 is 41.7 Å². The minimum atomic E-state index is -2.52. The highest BCUT2D eigenvalue weighted by molar-refractivity contribution is 5.96. The molecule has 2 aromatic rings. The van der Waals surface area contributed by atoms with Crippen LogP contribution < -0.4 is 10.6 Å². The van der Waals surface area contributed by atoms with E-state index in [4.69, 9.17) is 28.4 Å². The number of alkyl carbamates (subject to hydrolysis) is 1. The van der Waals surface area contributed by atoms with Gasteiger partial charge in [0.2, 0.25) is 5.91 Å². The number of fused-ring (bicyclic) bond motifs is 5. The third-order valence-corrected chi connectivity index (χ3v) is 13.2. The van der Waals surface area contributed by atoms with Crippen LogP contribution in [0.25, 0.3) is 0 Å². The number of benzene rings is 2. The average Bonchev–Trinajstić information content (AvgIpc) is 3.21. The van der Waals surface area contributed by atoms with Crippen molar-refractivity contribution in [1.29, 1.82) is 0 Å². The molecule has 1 saturated heterocycles. The fraction of sp³-hybridized carbons (Fsp3) is 0.553. The van der Waals surface area contributed by atoms with E-state index in [0.717, 1.165) is 13.8 Å². The van der Waals surface area contributed by atoms with Gasteiger partial charge in [-0.25, -0.2) is 14.4 Å². The molecule has 2 saturated carbocycles. The predicted octanol–water partition coefficient (Wildman–Crippen LogP) is 2.95. The smallest absolute Gasteiger partial charge is 0.408 e. The molecule has 2 amide bonds. The van der Waals surface area contributed by atoms with Gasteiger partial charge in [-0.2, -0.15) is 0 Å². The Kier molecular flexibility index (Phi) is 13.5. The number of hydrogen-bond donors (Lipinski definition) is 5. The van der Waals surface area contributed by atoms with Crippen LogP contribution in [0.15, 0.2) is 71.8 Å². The van der Waals surface area contributed by atoms with Crippen molar-refractivity contribution in [2.24, 2.45) is 16.7 Å². The van der Waals surface area contributed by atoms with E-state index in [1.165, 1.54) is 39.8 Å². The molecule has 1 aliphatic heterocycles. The molecule has 0 radical (unpaired) electrons. The molecular formula is C47H58N2O16. The maximum atomic E-state index is 15.7. The number of ketones is 1. The van der Waals surface area contributed by atoms with E-state index >= 15 is 4.79 Å². The first-order valence-corrected chi connectivity index (χ1v) is 21.4. The second-order valence-electron chi connectivity index (χ2n) is 18.9. The molecule has 0 spiro atoms. The highest BCUT2D eigenvalue weighted by atomic mass is 16.6. The number of rotatable bonds is 11. The van der Waals surface area contributed by atoms with Gasteiger partial charge in [-0.3, -0.25) is 19.2 Å². The molecule has 3 aliphatic carbocycles. The Balaban J connectivity index is 1.60. The van der Waals surface area contributed by atoms with Crippen molar-refractivity contribution < 1.29 is 77.3 Å². The van der Waals surface area contributed by atoms with Gasteiger partial charge in [0, 0.05) is 45.6 Å². The SMILES string of the molecule is CC(=O)NCC1=C2[C@@H](OC(C)=O)C(=O)[C@@]3(C)[C@H]([C@H](OC(=O)c4ccccc4)[C@](O)(C[C@@H]1OC(=O)[C@H](O)[C@@H](NC(=O)OC(C)(C)C)c1ccccc1)C2(C)C)[C@]1(OC(C)=O)CO[C@@H]1C[C@@H]3O. The molecule has 65 heavy (non-hydrogen) atoms. The van der Waals surface area contributed by atoms with Crippen LogP contribution in [0.2, 0.25) is 0 Å². The molecule has 3 fully saturated rings. The van der Waals surface area contributed by atoms with Crippen molar-refractivity contribution in [2.45, 2.75) is 135 Å². The number of nitrogens with one attached hydrogen (secondary N) is 2. The van der Waals surface area contributed by atoms with Gasteiger partial charge < -0.3 is 54.4 Å². The molecule has 352 valence electrons. The first-order valence-electron chi connectivity index (χ1n) is 21.4. The topological polar surface area (TPSA) is 260 Å². The molecule has 11 atom stereocenters. The highest BCUT2D eigenvalue weighted by Crippen LogP contribution is 2.64. The van der Waals surface area contributed by atoms with E-state index in [9.17, 15) is 44.1 Å². The van der Waals surface area contributed by atoms with Crippen LogP contribution in [0.5, 0.6) is 0 Å². The number of aliphatic hydroxyl groups is 3. The molecule has 6 rings (SSSR count). The summed E-state index contributed by atoms with van der Waals surface area (Å²) in [6.45, 7) is 11.7. The fourth-order valence-electron chi connectivity index (χ4n) is 10.1. The largest absolute Gasteiger partial charge is 0.456 e. The molecule has 18 heteroatoms. The Bertz CT molecular complexity index is 2240. The van der Waals surface area contributed by atoms with Gasteiger partial charge in [0.05, 0.1) is 35.6 Å². The summed E-state index contributed by atoms with van der Waals surface area (Å²) in [6.07, 6.45) is -12.4. The molecular weight excluding hydrogens is 849 g/mol. The molecule has 4 aliphatic rings. The predicted molar refractivity (Wildman–Crippen MR) is 226 cm³/mol. The van der Waals surface area contributed by atoms with Crippen LogP contribution in [-0.4, -0.2) is 124 Å². The number of carbonyl (C=O) groups excluding carboxylic acids is 7. The van der Waals surface area contributed by atoms with Gasteiger partial charge in [-0.05, 0) is 56.5 Å². The molecule has 5 N–H and O–H groups in total. The van der Waals surface area contributed by atoms with Crippen LogP contribution in [0.1, 0.15) is 97.1 Å². The maximum Gasteiger partial charge on any atom is 0.408 e. The average molecular weight is 907 g/mol. The summed E-state index contributed by atoms with van der Waals surface area (Å²) in [6, 6.07) is 14.2. The van der Waals surface area contributed by atoms with Gasteiger partial charge in [-0.1, -0.05) is 62.4 Å². The summed E-state index contributed by atoms with van der Waals surface area (Å²) in [5.74, 6) is -7.29. The zero-order valence-electron chi connectivity index (χ0n) is 37.9. The Hall–Kier alpha value is -5.69. The minimum absolute atomic E-state index is 0.0227. The zero-order valence-corrected chi connectivity index (χ0v) is 37.9. The van der Waals surface area contributed by atoms with E-state index < -0.39 is 131 Å². The van der Waals surface area contributed by atoms with Gasteiger partial charge in [0.15, 0.2) is 23.6 Å². The van der Waals surface area contributed by atoms with E-state index in [1.807, 2.05) is 0 Å². The summed E-state index contributed by atoms with van der Waals surface area (Å²) >= 11 is 0. The molecule has 2 aromatic carbocycles. The number of ether oxygens (including phenoxy) is 6. The standard InChI is InChI=1S/C47H58N2O16/c1-24(50)48-22-29-30(62-41(57)35(54)34(27-16-12-10-13-17-27)49-42(58)65-43(4,5)6)21-47(59)39(63-40(56)28-18-14-11-15-19-28)37-45(9,31(53)20-32-46(37,23-60-32)64-26(3)52)38(55)36(61-25(2)51)33(29)44(47,7)8/h10-19,30-32,34-37,39,53-54,59H,20-23H2,1-9H3,(H,48,50)(H,49,58)/t30-,31-,32+,34-,35+,36+,37-,39-,45+,46-,47+/m0/s1. The maximum absolute atomic E-state index is 15.7. The summed E-state index contributed by atoms with van der Waals surface area (Å²) < 4.78 is 35.8. The van der Waals surface area contributed by atoms with E-state index in [2.05, 4.69) is 10.6 Å². The number of carbonyl (C=O) groups is 7. The number of Topliss-reactive ketones (excluding diaryl/α,β-unsaturated/α-hetero) is 1. The lowest BCUT2D eigenvalue weighted by Gasteiger charge is -2.67. The quantitative estimate of drug-likeness (QED) is 0.123. The number of esters is 4. The van der Waals surface area contributed by atoms with Gasteiger partial charge in [0.25, 0.3) is 0 Å². The van der Waals surface area contributed by atoms with Gasteiger partial charge in [-0.15, -0.1) is 0 Å². The first kappa shape index (κ1) is 48.8. The number of amides is 2. The van der Waals surface area contributed by atoms with Gasteiger partial charge >= 0.3 is 30.0 Å². The van der Waals surface area contributed by atoms with Gasteiger partial charge in [0.1, 0.15) is 29.5 Å². The second-order valence-corrected chi connectivity index (χ2v) is 18.9. The van der Waals surface area contributed by atoms with Crippen LogP contribution in [0.4, 0.5) is 4.79 Å². The Morgan fingerprint density at radius 2 is 1.51 bits per heavy atom. The summed E-state index contributed by atoms with van der Waals surface area (Å²) in [4.78, 5) is 96.5. The number of hydrogen-bond acceptors (Lipinski definition) is 16. The monoisotopic (exact) mass is 906 g/mol. The summed E-state index contributed by atoms with van der Waals surface area (Å²) in [5.41, 5.74) is -9.23. The van der Waals surface area contributed by atoms with E-state index in [0.29, 0.717) is 0 Å². The van der Waals surface area contributed by atoms with E-state index in [1.54, 1.807) is 69.3 Å². The van der Waals surface area contributed by atoms with E-state index in [-0.39, 0.29) is 35.3 Å². The highest BCUT2D eigenvalue weighted by Gasteiger charge is 2.78. The third kappa shape index (κ3) is 9.00. The summed E-state index contributed by atoms with van der Waals surface area (Å²) in [5, 5.41) is 43.0. The normalized spacial score (nSPS) is 31.1. The third-order valence-electron chi connectivity index (χ3n) is 13.2. The lowest BCUT2D eigenvalue weighted by Crippen LogP contribution is -2.82. The first-order chi connectivity index (χ1) is 30.3. The minimum Gasteiger partial charge on any atom is -0.456 e. The molecule has 1 heterocycles. The van der Waals surface area contributed by atoms with Crippen molar-refractivity contribution in [3.63, 3.8) is 0 Å². The molecule has 0 aromatic heterocycles. The summed E-state index contributed by atoms with van der Waals surface area (Å²) in [7, 11) is 0. The lowest BCUT2D eigenvalue weighted by molar-refractivity contribution is -0.346. The van der Waals surface area contributed by atoms with Crippen molar-refractivity contribution in [3.8, 4) is 0 Å². The zero-order chi connectivity index (χ0) is 48.0. The Labute approximate surface area is 376 Å². The van der Waals surface area contributed by atoms with Crippen molar-refractivity contribution in [2.75, 3.05) is 13.2 Å². The second kappa shape index (κ2) is 17.9. The van der Waals surface area contributed by atoms with Crippen LogP contribution in [0, 0.1) is 16.7 Å². The van der Waals surface area contributed by atoms with Crippen LogP contribution in [-0.2, 0) is 52.4 Å². The van der Waals surface area contributed by atoms with Crippen molar-refractivity contribution in [3.05, 3.63) is 82.9 Å². The molecule has 18 nitrogen and oxygen atoms in total. The molecule has 2 bridgehead atoms. The van der Waals surface area contributed by atoms with Crippen LogP contribution in [0.3, 0.4) is 0 Å². The Morgan fingerprint density at radius 3 is 2.05 bits per heavy atom. The van der Waals surface area contributed by atoms with Crippen molar-refractivity contribution in [1.82, 2.24) is 10.6 Å². The number of aliphatic hydroxyl groups excluding tert-OH is 2. The van der Waals surface area contributed by atoms with Crippen LogP contribution >= 0.6 is 0 Å². The Morgan fingerprint density at radius 1 is 0.892 bits per heavy atom. The lowest BCUT2D eigenvalue weighted by atomic mass is 9.44. The fourth-order valence-corrected chi connectivity index (χ4v) is 10.1. The molecule has 0 unspecified atom stereocenters.